The van der Waals surface area contributed by atoms with Gasteiger partial charge in [0.25, 0.3) is 0 Å². The Bertz CT molecular complexity index is 498. The van der Waals surface area contributed by atoms with Crippen LogP contribution in [0.2, 0.25) is 0 Å². The van der Waals surface area contributed by atoms with Crippen LogP contribution in [0.5, 0.6) is 0 Å². The number of rotatable bonds is 7. The second-order valence-electron chi connectivity index (χ2n) is 5.91. The summed E-state index contributed by atoms with van der Waals surface area (Å²) in [5.41, 5.74) is 1.12. The van der Waals surface area contributed by atoms with E-state index in [9.17, 15) is 9.59 Å². The van der Waals surface area contributed by atoms with Gasteiger partial charge >= 0.3 is 12.0 Å². The maximum atomic E-state index is 12.0. The molecule has 0 spiro atoms. The van der Waals surface area contributed by atoms with E-state index in [1.54, 1.807) is 13.8 Å². The van der Waals surface area contributed by atoms with Crippen molar-refractivity contribution in [2.24, 2.45) is 5.92 Å². The average Bonchev–Trinajstić information content (AvgIpc) is 3.29. The highest BCUT2D eigenvalue weighted by atomic mass is 16.5. The molecule has 2 rings (SSSR count). The Morgan fingerprint density at radius 1 is 1.23 bits per heavy atom. The molecule has 0 aromatic heterocycles. The van der Waals surface area contributed by atoms with Gasteiger partial charge in [0.2, 0.25) is 0 Å². The molecule has 0 radical (unpaired) electrons. The maximum Gasteiger partial charge on any atom is 0.315 e. The van der Waals surface area contributed by atoms with Crippen molar-refractivity contribution in [3.8, 4) is 0 Å². The molecule has 1 unspecified atom stereocenters. The fraction of sp³-hybridized carbons (Fsp3) is 0.529. The lowest BCUT2D eigenvalue weighted by atomic mass is 10.0. The Kier molecular flexibility index (Phi) is 5.81. The SMILES string of the molecule is CC(C)OC(=O)CCNC(=O)NC(c1ccccc1)C1CC1. The molecule has 120 valence electrons. The number of ether oxygens (including phenoxy) is 1. The zero-order chi connectivity index (χ0) is 15.9. The number of hydrogen-bond donors (Lipinski definition) is 2. The largest absolute Gasteiger partial charge is 0.463 e. The van der Waals surface area contributed by atoms with Gasteiger partial charge in [-0.05, 0) is 38.2 Å². The van der Waals surface area contributed by atoms with Crippen molar-refractivity contribution in [1.29, 1.82) is 0 Å². The molecule has 1 aliphatic rings. The van der Waals surface area contributed by atoms with Gasteiger partial charge in [0.15, 0.2) is 0 Å². The van der Waals surface area contributed by atoms with Crippen molar-refractivity contribution < 1.29 is 14.3 Å². The monoisotopic (exact) mass is 304 g/mol. The summed E-state index contributed by atoms with van der Waals surface area (Å²) in [4.78, 5) is 23.4. The number of nitrogens with one attached hydrogen (secondary N) is 2. The van der Waals surface area contributed by atoms with E-state index in [0.717, 1.165) is 18.4 Å². The first-order valence-corrected chi connectivity index (χ1v) is 7.85. The first-order chi connectivity index (χ1) is 10.6. The summed E-state index contributed by atoms with van der Waals surface area (Å²) in [6, 6.07) is 9.79. The van der Waals surface area contributed by atoms with Gasteiger partial charge < -0.3 is 15.4 Å². The third-order valence-corrected chi connectivity index (χ3v) is 3.52. The normalized spacial score (nSPS) is 15.2. The minimum atomic E-state index is -0.294. The molecule has 1 fully saturated rings. The van der Waals surface area contributed by atoms with Crippen molar-refractivity contribution >= 4 is 12.0 Å². The van der Waals surface area contributed by atoms with Gasteiger partial charge in [-0.3, -0.25) is 4.79 Å². The summed E-state index contributed by atoms with van der Waals surface area (Å²) in [5.74, 6) is 0.219. The standard InChI is InChI=1S/C17H24N2O3/c1-12(2)22-15(20)10-11-18-17(21)19-16(14-8-9-14)13-6-4-3-5-7-13/h3-7,12,14,16H,8-11H2,1-2H3,(H2,18,19,21). The Morgan fingerprint density at radius 2 is 1.91 bits per heavy atom. The van der Waals surface area contributed by atoms with Crippen LogP contribution >= 0.6 is 0 Å². The fourth-order valence-electron chi connectivity index (χ4n) is 2.36. The van der Waals surface area contributed by atoms with Crippen LogP contribution in [-0.2, 0) is 9.53 Å². The molecule has 2 N–H and O–H groups in total. The third kappa shape index (κ3) is 5.39. The Morgan fingerprint density at radius 3 is 2.50 bits per heavy atom. The summed E-state index contributed by atoms with van der Waals surface area (Å²) >= 11 is 0. The van der Waals surface area contributed by atoms with Crippen LogP contribution in [0.1, 0.15) is 44.7 Å². The molecular formula is C17H24N2O3. The van der Waals surface area contributed by atoms with Crippen LogP contribution in [-0.4, -0.2) is 24.6 Å². The van der Waals surface area contributed by atoms with E-state index < -0.39 is 0 Å². The maximum absolute atomic E-state index is 12.0. The molecule has 5 heteroatoms. The molecule has 1 aromatic rings. The van der Waals surface area contributed by atoms with Crippen LogP contribution in [0.25, 0.3) is 0 Å². The van der Waals surface area contributed by atoms with Gasteiger partial charge in [-0.2, -0.15) is 0 Å². The lowest BCUT2D eigenvalue weighted by Gasteiger charge is -2.19. The molecule has 0 bridgehead atoms. The van der Waals surface area contributed by atoms with Gasteiger partial charge in [-0.15, -0.1) is 0 Å². The van der Waals surface area contributed by atoms with Crippen molar-refractivity contribution in [2.45, 2.75) is 45.3 Å². The summed E-state index contributed by atoms with van der Waals surface area (Å²) in [7, 11) is 0. The number of urea groups is 1. The lowest BCUT2D eigenvalue weighted by Crippen LogP contribution is -2.39. The third-order valence-electron chi connectivity index (χ3n) is 3.52. The van der Waals surface area contributed by atoms with E-state index in [1.165, 1.54) is 0 Å². The van der Waals surface area contributed by atoms with E-state index in [-0.39, 0.29) is 37.1 Å². The van der Waals surface area contributed by atoms with Gasteiger partial charge in [0, 0.05) is 6.54 Å². The molecule has 0 aliphatic heterocycles. The Balaban J connectivity index is 1.76. The van der Waals surface area contributed by atoms with Crippen LogP contribution < -0.4 is 10.6 Å². The van der Waals surface area contributed by atoms with Crippen LogP contribution in [0, 0.1) is 5.92 Å². The highest BCUT2D eigenvalue weighted by Gasteiger charge is 2.33. The van der Waals surface area contributed by atoms with Crippen LogP contribution in [0.15, 0.2) is 30.3 Å². The van der Waals surface area contributed by atoms with Gasteiger partial charge in [0.05, 0.1) is 18.6 Å². The van der Waals surface area contributed by atoms with Crippen molar-refractivity contribution in [1.82, 2.24) is 10.6 Å². The molecule has 0 heterocycles. The van der Waals surface area contributed by atoms with Crippen LogP contribution in [0.3, 0.4) is 0 Å². The highest BCUT2D eigenvalue weighted by molar-refractivity contribution is 5.76. The predicted octanol–water partition coefficient (Wildman–Crippen LogP) is 2.78. The predicted molar refractivity (Wildman–Crippen MR) is 84.3 cm³/mol. The number of amides is 2. The minimum Gasteiger partial charge on any atom is -0.463 e. The van der Waals surface area contributed by atoms with E-state index in [4.69, 9.17) is 4.74 Å². The molecule has 1 saturated carbocycles. The Labute approximate surface area is 131 Å². The Hall–Kier alpha value is -2.04. The molecule has 2 amide bonds. The number of esters is 1. The number of benzene rings is 1. The lowest BCUT2D eigenvalue weighted by molar-refractivity contribution is -0.147. The average molecular weight is 304 g/mol. The molecule has 1 aliphatic carbocycles. The van der Waals surface area contributed by atoms with Crippen molar-refractivity contribution in [3.05, 3.63) is 35.9 Å². The molecule has 22 heavy (non-hydrogen) atoms. The summed E-state index contributed by atoms with van der Waals surface area (Å²) in [5, 5.41) is 5.73. The molecular weight excluding hydrogens is 280 g/mol. The van der Waals surface area contributed by atoms with Crippen molar-refractivity contribution in [3.63, 3.8) is 0 Å². The van der Waals surface area contributed by atoms with E-state index in [1.807, 2.05) is 30.3 Å². The van der Waals surface area contributed by atoms with Gasteiger partial charge in [-0.25, -0.2) is 4.79 Å². The summed E-state index contributed by atoms with van der Waals surface area (Å²) in [6.45, 7) is 3.89. The minimum absolute atomic E-state index is 0.0452. The zero-order valence-corrected chi connectivity index (χ0v) is 13.2. The van der Waals surface area contributed by atoms with E-state index in [0.29, 0.717) is 5.92 Å². The summed E-state index contributed by atoms with van der Waals surface area (Å²) < 4.78 is 5.02. The van der Waals surface area contributed by atoms with E-state index >= 15 is 0 Å². The smallest absolute Gasteiger partial charge is 0.315 e. The van der Waals surface area contributed by atoms with Gasteiger partial charge in [0.1, 0.15) is 0 Å². The number of carbonyl (C=O) groups is 2. The topological polar surface area (TPSA) is 67.4 Å². The second-order valence-corrected chi connectivity index (χ2v) is 5.91. The number of hydrogen-bond acceptors (Lipinski definition) is 3. The quantitative estimate of drug-likeness (QED) is 0.761. The van der Waals surface area contributed by atoms with Gasteiger partial charge in [-0.1, -0.05) is 30.3 Å². The number of carbonyl (C=O) groups excluding carboxylic acids is 2. The molecule has 0 saturated heterocycles. The van der Waals surface area contributed by atoms with E-state index in [2.05, 4.69) is 10.6 Å². The molecule has 5 nitrogen and oxygen atoms in total. The second kappa shape index (κ2) is 7.82. The highest BCUT2D eigenvalue weighted by Crippen LogP contribution is 2.40. The zero-order valence-electron chi connectivity index (χ0n) is 13.2. The molecule has 1 atom stereocenters. The van der Waals surface area contributed by atoms with Crippen molar-refractivity contribution in [2.75, 3.05) is 6.54 Å². The fourth-order valence-corrected chi connectivity index (χ4v) is 2.36. The van der Waals surface area contributed by atoms with Crippen LogP contribution in [0.4, 0.5) is 4.79 Å². The first-order valence-electron chi connectivity index (χ1n) is 7.85. The molecule has 1 aromatic carbocycles. The summed E-state index contributed by atoms with van der Waals surface area (Å²) in [6.07, 6.45) is 2.34. The first kappa shape index (κ1) is 16.3.